The van der Waals surface area contributed by atoms with Gasteiger partial charge in [0.25, 0.3) is 0 Å². The molecule has 0 amide bonds. The molecule has 27 heavy (non-hydrogen) atoms. The molecule has 142 valence electrons. The summed E-state index contributed by atoms with van der Waals surface area (Å²) in [5.74, 6) is 1.15. The molecule has 3 fully saturated rings. The van der Waals surface area contributed by atoms with Crippen molar-refractivity contribution in [1.82, 2.24) is 9.88 Å². The van der Waals surface area contributed by atoms with E-state index in [2.05, 4.69) is 31.1 Å². The third kappa shape index (κ3) is 3.14. The predicted molar refractivity (Wildman–Crippen MR) is 106 cm³/mol. The van der Waals surface area contributed by atoms with Crippen molar-refractivity contribution in [2.75, 3.05) is 31.6 Å². The molecule has 0 radical (unpaired) electrons. The van der Waals surface area contributed by atoms with Gasteiger partial charge in [0, 0.05) is 35.5 Å². The molecule has 1 aliphatic carbocycles. The number of nitrogens with one attached hydrogen (secondary N) is 1. The van der Waals surface area contributed by atoms with Gasteiger partial charge in [0.05, 0.1) is 23.9 Å². The number of nitrogens with zero attached hydrogens (tertiary/aromatic N) is 3. The number of rotatable bonds is 3. The molecule has 1 saturated carbocycles. The number of fused-ring (bicyclic) bond motifs is 1. The van der Waals surface area contributed by atoms with Crippen molar-refractivity contribution in [3.05, 3.63) is 22.5 Å². The van der Waals surface area contributed by atoms with E-state index in [1.165, 1.54) is 32.4 Å². The molecule has 0 bridgehead atoms. The van der Waals surface area contributed by atoms with Crippen molar-refractivity contribution in [2.24, 2.45) is 5.41 Å². The Kier molecular flexibility index (Phi) is 4.38. The average molecular weight is 431 g/mol. The quantitative estimate of drug-likeness (QED) is 0.795. The summed E-state index contributed by atoms with van der Waals surface area (Å²) < 4.78 is 11.8. The lowest BCUT2D eigenvalue weighted by molar-refractivity contribution is -0.106. The molecule has 0 atom stereocenters. The topological polar surface area (TPSA) is 74.3 Å². The molecule has 2 aliphatic heterocycles. The van der Waals surface area contributed by atoms with E-state index >= 15 is 0 Å². The molecule has 2 aromatic rings. The fourth-order valence-corrected chi connectivity index (χ4v) is 5.35. The number of pyridine rings is 1. The van der Waals surface area contributed by atoms with E-state index in [0.717, 1.165) is 41.7 Å². The highest BCUT2D eigenvalue weighted by Crippen LogP contribution is 2.40. The SMILES string of the molecule is N#Cc1cc2c(Br)c(NC3CCC(N4CCC5(COC5)C4)CC3)ncc2o1. The number of likely N-dealkylation sites (tertiary alicyclic amines) is 1. The zero-order chi connectivity index (χ0) is 18.4. The van der Waals surface area contributed by atoms with Crippen LogP contribution < -0.4 is 5.32 Å². The van der Waals surface area contributed by atoms with E-state index in [1.54, 1.807) is 12.3 Å². The lowest BCUT2D eigenvalue weighted by Gasteiger charge is -2.40. The van der Waals surface area contributed by atoms with Crippen molar-refractivity contribution in [1.29, 1.82) is 5.26 Å². The summed E-state index contributed by atoms with van der Waals surface area (Å²) in [6.07, 6.45) is 7.78. The fraction of sp³-hybridized carbons (Fsp3) is 0.600. The van der Waals surface area contributed by atoms with Crippen LogP contribution in [0, 0.1) is 16.7 Å². The Labute approximate surface area is 167 Å². The van der Waals surface area contributed by atoms with Gasteiger partial charge in [0.15, 0.2) is 5.58 Å². The molecular weight excluding hydrogens is 408 g/mol. The molecule has 3 aliphatic rings. The summed E-state index contributed by atoms with van der Waals surface area (Å²) >= 11 is 3.63. The van der Waals surface area contributed by atoms with Crippen LogP contribution in [-0.2, 0) is 4.74 Å². The molecule has 7 heteroatoms. The number of anilines is 1. The Hall–Kier alpha value is -1.62. The van der Waals surface area contributed by atoms with Gasteiger partial charge >= 0.3 is 0 Å². The number of furan rings is 1. The van der Waals surface area contributed by atoms with Crippen molar-refractivity contribution >= 4 is 32.7 Å². The lowest BCUT2D eigenvalue weighted by atomic mass is 9.85. The molecule has 6 nitrogen and oxygen atoms in total. The van der Waals surface area contributed by atoms with Crippen LogP contribution in [0.15, 0.2) is 21.2 Å². The van der Waals surface area contributed by atoms with Gasteiger partial charge in [-0.1, -0.05) is 0 Å². The molecule has 4 heterocycles. The van der Waals surface area contributed by atoms with Gasteiger partial charge in [-0.15, -0.1) is 0 Å². The van der Waals surface area contributed by atoms with Crippen LogP contribution in [0.2, 0.25) is 0 Å². The summed E-state index contributed by atoms with van der Waals surface area (Å²) in [5, 5.41) is 13.5. The third-order valence-corrected chi connectivity index (χ3v) is 7.27. The van der Waals surface area contributed by atoms with Crippen LogP contribution in [0.3, 0.4) is 0 Å². The zero-order valence-electron chi connectivity index (χ0n) is 15.2. The zero-order valence-corrected chi connectivity index (χ0v) is 16.8. The van der Waals surface area contributed by atoms with E-state index in [4.69, 9.17) is 14.4 Å². The minimum atomic E-state index is 0.311. The standard InChI is InChI=1S/C20H23BrN4O2/c21-18-16-7-15(8-22)27-17(16)9-23-19(18)24-13-1-3-14(4-2-13)25-6-5-20(10-25)11-26-12-20/h7,9,13-14H,1-6,10-12H2,(H,23,24). The van der Waals surface area contributed by atoms with Gasteiger partial charge in [0.2, 0.25) is 5.76 Å². The van der Waals surface area contributed by atoms with Crippen LogP contribution in [0.4, 0.5) is 5.82 Å². The van der Waals surface area contributed by atoms with Gasteiger partial charge in [-0.3, -0.25) is 4.90 Å². The minimum absolute atomic E-state index is 0.311. The third-order valence-electron chi connectivity index (χ3n) is 6.46. The highest BCUT2D eigenvalue weighted by atomic mass is 79.9. The highest BCUT2D eigenvalue weighted by Gasteiger charge is 2.46. The van der Waals surface area contributed by atoms with Crippen LogP contribution in [0.5, 0.6) is 0 Å². The Bertz CT molecular complexity index is 893. The maximum absolute atomic E-state index is 9.02. The number of hydrogen-bond acceptors (Lipinski definition) is 6. The summed E-state index contributed by atoms with van der Waals surface area (Å²) in [4.78, 5) is 7.20. The first kappa shape index (κ1) is 17.5. The molecular formula is C20H23BrN4O2. The Morgan fingerprint density at radius 2 is 2.11 bits per heavy atom. The molecule has 1 N–H and O–H groups in total. The van der Waals surface area contributed by atoms with Crippen LogP contribution in [0.1, 0.15) is 37.9 Å². The normalized spacial score (nSPS) is 27.6. The smallest absolute Gasteiger partial charge is 0.204 e. The van der Waals surface area contributed by atoms with E-state index in [0.29, 0.717) is 28.8 Å². The maximum Gasteiger partial charge on any atom is 0.204 e. The van der Waals surface area contributed by atoms with Crippen LogP contribution >= 0.6 is 15.9 Å². The summed E-state index contributed by atoms with van der Waals surface area (Å²) in [6, 6.07) is 4.96. The first-order valence-electron chi connectivity index (χ1n) is 9.72. The van der Waals surface area contributed by atoms with E-state index in [-0.39, 0.29) is 0 Å². The lowest BCUT2D eigenvalue weighted by Crippen LogP contribution is -2.47. The maximum atomic E-state index is 9.02. The van der Waals surface area contributed by atoms with Crippen molar-refractivity contribution in [3.63, 3.8) is 0 Å². The van der Waals surface area contributed by atoms with Gasteiger partial charge in [0.1, 0.15) is 11.9 Å². The van der Waals surface area contributed by atoms with Crippen LogP contribution in [-0.4, -0.2) is 48.3 Å². The second-order valence-electron chi connectivity index (χ2n) is 8.28. The summed E-state index contributed by atoms with van der Waals surface area (Å²) in [5.41, 5.74) is 1.11. The first-order chi connectivity index (χ1) is 13.2. The van der Waals surface area contributed by atoms with Crippen molar-refractivity contribution < 1.29 is 9.15 Å². The molecule has 0 aromatic carbocycles. The number of ether oxygens (including phenoxy) is 1. The molecule has 2 saturated heterocycles. The number of halogens is 1. The second kappa shape index (κ2) is 6.77. The van der Waals surface area contributed by atoms with E-state index in [1.807, 2.05) is 6.07 Å². The largest absolute Gasteiger partial charge is 0.444 e. The van der Waals surface area contributed by atoms with Crippen molar-refractivity contribution in [3.8, 4) is 6.07 Å². The van der Waals surface area contributed by atoms with Gasteiger partial charge in [-0.05, 0) is 54.6 Å². The average Bonchev–Trinajstić information content (AvgIpc) is 3.29. The van der Waals surface area contributed by atoms with Crippen LogP contribution in [0.25, 0.3) is 11.0 Å². The van der Waals surface area contributed by atoms with Crippen molar-refractivity contribution in [2.45, 2.75) is 44.2 Å². The predicted octanol–water partition coefficient (Wildman–Crippen LogP) is 3.91. The van der Waals surface area contributed by atoms with E-state index < -0.39 is 0 Å². The molecule has 5 rings (SSSR count). The minimum Gasteiger partial charge on any atom is -0.444 e. The molecule has 0 unspecified atom stereocenters. The van der Waals surface area contributed by atoms with Gasteiger partial charge < -0.3 is 14.5 Å². The van der Waals surface area contributed by atoms with Gasteiger partial charge in [-0.2, -0.15) is 5.26 Å². The Balaban J connectivity index is 1.21. The molecule has 2 aromatic heterocycles. The molecule has 1 spiro atoms. The summed E-state index contributed by atoms with van der Waals surface area (Å²) in [6.45, 7) is 4.38. The Morgan fingerprint density at radius 3 is 2.78 bits per heavy atom. The monoisotopic (exact) mass is 430 g/mol. The number of aromatic nitrogens is 1. The first-order valence-corrected chi connectivity index (χ1v) is 10.5. The fourth-order valence-electron chi connectivity index (χ4n) is 4.82. The van der Waals surface area contributed by atoms with E-state index in [9.17, 15) is 0 Å². The number of nitriles is 1. The Morgan fingerprint density at radius 1 is 1.30 bits per heavy atom. The van der Waals surface area contributed by atoms with Gasteiger partial charge in [-0.25, -0.2) is 4.98 Å². The highest BCUT2D eigenvalue weighted by molar-refractivity contribution is 9.10. The second-order valence-corrected chi connectivity index (χ2v) is 9.08. The summed E-state index contributed by atoms with van der Waals surface area (Å²) in [7, 11) is 0. The number of hydrogen-bond donors (Lipinski definition) is 1.